The van der Waals surface area contributed by atoms with E-state index >= 15 is 0 Å². The minimum absolute atomic E-state index is 0.0697. The number of hydrogen-bond donors (Lipinski definition) is 0. The lowest BCUT2D eigenvalue weighted by molar-refractivity contribution is -0.132. The summed E-state index contributed by atoms with van der Waals surface area (Å²) in [4.78, 5) is 14.8. The molecule has 4 nitrogen and oxygen atoms in total. The maximum absolute atomic E-state index is 10.9. The Kier molecular flexibility index (Phi) is 2.60. The topological polar surface area (TPSA) is 47.9 Å². The lowest BCUT2D eigenvalue weighted by Gasteiger charge is -2.05. The molecular weight excluding hydrogens is 218 g/mol. The van der Waals surface area contributed by atoms with E-state index in [2.05, 4.69) is 4.99 Å². The second kappa shape index (κ2) is 3.90. The van der Waals surface area contributed by atoms with Gasteiger partial charge in [0.2, 0.25) is 5.90 Å². The van der Waals surface area contributed by atoms with Crippen molar-refractivity contribution in [1.82, 2.24) is 0 Å². The molecule has 1 aromatic carbocycles. The summed E-state index contributed by atoms with van der Waals surface area (Å²) in [6, 6.07) is 5.08. The van der Waals surface area contributed by atoms with E-state index in [0.29, 0.717) is 22.2 Å². The minimum atomic E-state index is -0.348. The first-order valence-electron chi connectivity index (χ1n) is 4.30. The van der Waals surface area contributed by atoms with Crippen molar-refractivity contribution in [2.75, 3.05) is 13.7 Å². The van der Waals surface area contributed by atoms with Crippen LogP contribution in [0.1, 0.15) is 5.56 Å². The highest BCUT2D eigenvalue weighted by Crippen LogP contribution is 2.25. The number of benzene rings is 1. The molecule has 0 unspecified atom stereocenters. The SMILES string of the molecule is COc1cc(C2=NCC(=O)O2)ccc1Cl. The summed E-state index contributed by atoms with van der Waals surface area (Å²) >= 11 is 5.86. The fraction of sp³-hybridized carbons (Fsp3) is 0.200. The number of carbonyl (C=O) groups is 1. The number of carbonyl (C=O) groups excluding carboxylic acids is 1. The number of ether oxygens (including phenoxy) is 2. The molecule has 0 aromatic heterocycles. The standard InChI is InChI=1S/C10H8ClNO3/c1-14-8-4-6(2-3-7(8)11)10-12-5-9(13)15-10/h2-4H,5H2,1H3. The van der Waals surface area contributed by atoms with Crippen molar-refractivity contribution in [3.8, 4) is 5.75 Å². The Morgan fingerprint density at radius 1 is 1.53 bits per heavy atom. The molecule has 1 aliphatic rings. The summed E-state index contributed by atoms with van der Waals surface area (Å²) in [5.74, 6) is 0.494. The van der Waals surface area contributed by atoms with Crippen molar-refractivity contribution < 1.29 is 14.3 Å². The van der Waals surface area contributed by atoms with Gasteiger partial charge in [0.05, 0.1) is 12.1 Å². The van der Waals surface area contributed by atoms with Gasteiger partial charge in [-0.1, -0.05) is 11.6 Å². The van der Waals surface area contributed by atoms with Crippen molar-refractivity contribution in [2.24, 2.45) is 4.99 Å². The van der Waals surface area contributed by atoms with Crippen LogP contribution in [0, 0.1) is 0 Å². The average Bonchev–Trinajstić information content (AvgIpc) is 2.66. The van der Waals surface area contributed by atoms with Crippen LogP contribution in [-0.2, 0) is 9.53 Å². The third-order valence-electron chi connectivity index (χ3n) is 1.96. The van der Waals surface area contributed by atoms with Gasteiger partial charge in [0.25, 0.3) is 0 Å². The van der Waals surface area contributed by atoms with Gasteiger partial charge in [-0.3, -0.25) is 0 Å². The van der Waals surface area contributed by atoms with Gasteiger partial charge < -0.3 is 9.47 Å². The molecule has 0 atom stereocenters. The highest BCUT2D eigenvalue weighted by atomic mass is 35.5. The number of esters is 1. The molecule has 1 aromatic rings. The second-order valence-corrected chi connectivity index (χ2v) is 3.35. The Morgan fingerprint density at radius 3 is 2.93 bits per heavy atom. The first kappa shape index (κ1) is 9.98. The third kappa shape index (κ3) is 1.94. The summed E-state index contributed by atoms with van der Waals surface area (Å²) in [6.07, 6.45) is 0. The lowest BCUT2D eigenvalue weighted by Crippen LogP contribution is -2.05. The third-order valence-corrected chi connectivity index (χ3v) is 2.27. The predicted octanol–water partition coefficient (Wildman–Crippen LogP) is 1.65. The van der Waals surface area contributed by atoms with Crippen molar-refractivity contribution in [3.05, 3.63) is 28.8 Å². The van der Waals surface area contributed by atoms with Gasteiger partial charge >= 0.3 is 5.97 Å². The van der Waals surface area contributed by atoms with Crippen LogP contribution < -0.4 is 4.74 Å². The summed E-state index contributed by atoms with van der Waals surface area (Å²) in [7, 11) is 1.52. The molecule has 0 aliphatic carbocycles. The van der Waals surface area contributed by atoms with Gasteiger partial charge in [-0.2, -0.15) is 0 Å². The van der Waals surface area contributed by atoms with E-state index in [1.165, 1.54) is 7.11 Å². The lowest BCUT2D eigenvalue weighted by atomic mass is 10.2. The molecule has 0 amide bonds. The van der Waals surface area contributed by atoms with Gasteiger partial charge in [-0.25, -0.2) is 9.79 Å². The van der Waals surface area contributed by atoms with Crippen LogP contribution in [0.2, 0.25) is 5.02 Å². The van der Waals surface area contributed by atoms with Crippen molar-refractivity contribution in [1.29, 1.82) is 0 Å². The maximum atomic E-state index is 10.9. The molecule has 0 spiro atoms. The van der Waals surface area contributed by atoms with E-state index in [1.807, 2.05) is 0 Å². The average molecular weight is 226 g/mol. The normalized spacial score (nSPS) is 14.8. The number of methoxy groups -OCH3 is 1. The van der Waals surface area contributed by atoms with Crippen molar-refractivity contribution in [2.45, 2.75) is 0 Å². The number of halogens is 1. The minimum Gasteiger partial charge on any atom is -0.495 e. The van der Waals surface area contributed by atoms with E-state index in [1.54, 1.807) is 18.2 Å². The summed E-state index contributed by atoms with van der Waals surface area (Å²) in [5.41, 5.74) is 0.683. The van der Waals surface area contributed by atoms with Crippen LogP contribution in [0.5, 0.6) is 5.75 Å². The molecule has 0 radical (unpaired) electrons. The van der Waals surface area contributed by atoms with Crippen LogP contribution in [0.25, 0.3) is 0 Å². The molecule has 2 rings (SSSR count). The highest BCUT2D eigenvalue weighted by molar-refractivity contribution is 6.32. The van der Waals surface area contributed by atoms with Crippen LogP contribution >= 0.6 is 11.6 Å². The number of cyclic esters (lactones) is 1. The second-order valence-electron chi connectivity index (χ2n) is 2.94. The summed E-state index contributed by atoms with van der Waals surface area (Å²) < 4.78 is 9.94. The van der Waals surface area contributed by atoms with Gasteiger partial charge in [0, 0.05) is 5.56 Å². The molecular formula is C10H8ClNO3. The molecule has 1 heterocycles. The Labute approximate surface area is 91.5 Å². The van der Waals surface area contributed by atoms with Crippen LogP contribution in [0.4, 0.5) is 0 Å². The predicted molar refractivity (Wildman–Crippen MR) is 55.5 cm³/mol. The zero-order chi connectivity index (χ0) is 10.8. The van der Waals surface area contributed by atoms with Crippen LogP contribution in [-0.4, -0.2) is 25.5 Å². The molecule has 0 fully saturated rings. The van der Waals surface area contributed by atoms with Crippen molar-refractivity contribution in [3.63, 3.8) is 0 Å². The summed E-state index contributed by atoms with van der Waals surface area (Å²) in [6.45, 7) is 0.0697. The van der Waals surface area contributed by atoms with E-state index in [-0.39, 0.29) is 12.5 Å². The highest BCUT2D eigenvalue weighted by Gasteiger charge is 2.18. The number of hydrogen-bond acceptors (Lipinski definition) is 4. The van der Waals surface area contributed by atoms with E-state index < -0.39 is 0 Å². The fourth-order valence-electron chi connectivity index (χ4n) is 1.25. The zero-order valence-electron chi connectivity index (χ0n) is 7.99. The quantitative estimate of drug-likeness (QED) is 0.719. The fourth-order valence-corrected chi connectivity index (χ4v) is 1.45. The smallest absolute Gasteiger partial charge is 0.334 e. The van der Waals surface area contributed by atoms with Gasteiger partial charge in [0.1, 0.15) is 12.3 Å². The Balaban J connectivity index is 2.33. The van der Waals surface area contributed by atoms with Gasteiger partial charge in [-0.15, -0.1) is 0 Å². The Hall–Kier alpha value is -1.55. The number of aliphatic imine (C=N–C) groups is 1. The number of rotatable bonds is 2. The Bertz CT molecular complexity index is 442. The summed E-state index contributed by atoms with van der Waals surface area (Å²) in [5, 5.41) is 0.506. The maximum Gasteiger partial charge on any atom is 0.334 e. The molecule has 0 saturated carbocycles. The molecule has 0 N–H and O–H groups in total. The molecule has 1 aliphatic heterocycles. The van der Waals surface area contributed by atoms with Gasteiger partial charge in [0.15, 0.2) is 0 Å². The zero-order valence-corrected chi connectivity index (χ0v) is 8.75. The molecule has 0 bridgehead atoms. The Morgan fingerprint density at radius 2 is 2.33 bits per heavy atom. The van der Waals surface area contributed by atoms with Crippen LogP contribution in [0.3, 0.4) is 0 Å². The van der Waals surface area contributed by atoms with Crippen molar-refractivity contribution >= 4 is 23.5 Å². The first-order valence-corrected chi connectivity index (χ1v) is 4.67. The van der Waals surface area contributed by atoms with E-state index in [9.17, 15) is 4.79 Å². The monoisotopic (exact) mass is 225 g/mol. The first-order chi connectivity index (χ1) is 7.20. The molecule has 15 heavy (non-hydrogen) atoms. The van der Waals surface area contributed by atoms with E-state index in [0.717, 1.165) is 0 Å². The van der Waals surface area contributed by atoms with Crippen LogP contribution in [0.15, 0.2) is 23.2 Å². The molecule has 5 heteroatoms. The number of nitrogens with zero attached hydrogens (tertiary/aromatic N) is 1. The molecule has 78 valence electrons. The largest absolute Gasteiger partial charge is 0.495 e. The molecule has 0 saturated heterocycles. The van der Waals surface area contributed by atoms with Gasteiger partial charge in [-0.05, 0) is 18.2 Å². The van der Waals surface area contributed by atoms with E-state index in [4.69, 9.17) is 21.1 Å².